The average molecular weight is 360 g/mol. The predicted octanol–water partition coefficient (Wildman–Crippen LogP) is 4.14. The Balaban J connectivity index is 1.43. The fraction of sp³-hybridized carbons (Fsp3) is 0.286. The van der Waals surface area contributed by atoms with E-state index in [1.807, 2.05) is 31.3 Å². The molecule has 3 aromatic rings. The van der Waals surface area contributed by atoms with Crippen LogP contribution in [0.5, 0.6) is 0 Å². The minimum Gasteiger partial charge on any atom is -0.372 e. The molecule has 1 aliphatic rings. The quantitative estimate of drug-likeness (QED) is 0.689. The molecule has 1 saturated heterocycles. The monoisotopic (exact) mass is 360 g/mol. The van der Waals surface area contributed by atoms with E-state index in [4.69, 9.17) is 0 Å². The van der Waals surface area contributed by atoms with Crippen molar-refractivity contribution >= 4 is 23.0 Å². The standard InChI is InChI=1S/C21H24N6/c1-16-24-20(23-15-17-5-4-10-22-14-17)13-21(25-16)26-18-6-8-19(9-7-18)27-11-2-3-12-27/h4-10,13-14H,2-3,11-12,15H2,1H3,(H2,23,24,25,26). The SMILES string of the molecule is Cc1nc(NCc2cccnc2)cc(Nc2ccc(N3CCCC3)cc2)n1. The largest absolute Gasteiger partial charge is 0.372 e. The molecule has 2 N–H and O–H groups in total. The summed E-state index contributed by atoms with van der Waals surface area (Å²) in [6, 6.07) is 14.4. The zero-order valence-electron chi connectivity index (χ0n) is 15.5. The summed E-state index contributed by atoms with van der Waals surface area (Å²) in [5.74, 6) is 2.30. The van der Waals surface area contributed by atoms with Crippen LogP contribution < -0.4 is 15.5 Å². The van der Waals surface area contributed by atoms with E-state index in [1.165, 1.54) is 18.5 Å². The smallest absolute Gasteiger partial charge is 0.136 e. The van der Waals surface area contributed by atoms with E-state index in [1.54, 1.807) is 6.20 Å². The van der Waals surface area contributed by atoms with Gasteiger partial charge in [-0.3, -0.25) is 4.98 Å². The summed E-state index contributed by atoms with van der Waals surface area (Å²) in [7, 11) is 0. The van der Waals surface area contributed by atoms with E-state index in [2.05, 4.69) is 54.8 Å². The van der Waals surface area contributed by atoms with Crippen LogP contribution in [0.2, 0.25) is 0 Å². The van der Waals surface area contributed by atoms with Crippen LogP contribution >= 0.6 is 0 Å². The lowest BCUT2D eigenvalue weighted by atomic mass is 10.2. The first-order valence-electron chi connectivity index (χ1n) is 9.37. The van der Waals surface area contributed by atoms with Gasteiger partial charge in [-0.2, -0.15) is 0 Å². The Morgan fingerprint density at radius 3 is 2.52 bits per heavy atom. The second-order valence-corrected chi connectivity index (χ2v) is 6.77. The molecule has 6 heteroatoms. The molecule has 2 aromatic heterocycles. The summed E-state index contributed by atoms with van der Waals surface area (Å²) in [4.78, 5) is 15.5. The summed E-state index contributed by atoms with van der Waals surface area (Å²) in [6.07, 6.45) is 6.20. The average Bonchev–Trinajstić information content (AvgIpc) is 3.22. The minimum atomic E-state index is 0.675. The van der Waals surface area contributed by atoms with Crippen molar-refractivity contribution in [2.75, 3.05) is 28.6 Å². The van der Waals surface area contributed by atoms with Gasteiger partial charge in [0, 0.05) is 49.5 Å². The van der Waals surface area contributed by atoms with Crippen molar-refractivity contribution in [3.05, 3.63) is 66.2 Å². The first-order chi connectivity index (χ1) is 13.3. The first-order valence-corrected chi connectivity index (χ1v) is 9.37. The van der Waals surface area contributed by atoms with Gasteiger partial charge in [-0.25, -0.2) is 9.97 Å². The molecule has 1 aromatic carbocycles. The molecule has 0 radical (unpaired) electrons. The fourth-order valence-electron chi connectivity index (χ4n) is 3.30. The second-order valence-electron chi connectivity index (χ2n) is 6.77. The highest BCUT2D eigenvalue weighted by Crippen LogP contribution is 2.24. The molecule has 1 aliphatic heterocycles. The molecular weight excluding hydrogens is 336 g/mol. The van der Waals surface area contributed by atoms with Crippen LogP contribution in [-0.2, 0) is 6.54 Å². The van der Waals surface area contributed by atoms with Gasteiger partial charge in [0.25, 0.3) is 0 Å². The van der Waals surface area contributed by atoms with Gasteiger partial charge in [0.1, 0.15) is 17.5 Å². The third-order valence-corrected chi connectivity index (χ3v) is 4.65. The van der Waals surface area contributed by atoms with E-state index in [0.717, 1.165) is 41.8 Å². The third kappa shape index (κ3) is 4.53. The molecule has 0 amide bonds. The van der Waals surface area contributed by atoms with Crippen molar-refractivity contribution in [2.24, 2.45) is 0 Å². The number of hydrogen-bond donors (Lipinski definition) is 2. The highest BCUT2D eigenvalue weighted by molar-refractivity contribution is 5.62. The van der Waals surface area contributed by atoms with E-state index in [9.17, 15) is 0 Å². The van der Waals surface area contributed by atoms with Crippen molar-refractivity contribution < 1.29 is 0 Å². The van der Waals surface area contributed by atoms with Crippen molar-refractivity contribution in [3.63, 3.8) is 0 Å². The molecular formula is C21H24N6. The van der Waals surface area contributed by atoms with E-state index in [-0.39, 0.29) is 0 Å². The zero-order chi connectivity index (χ0) is 18.5. The summed E-state index contributed by atoms with van der Waals surface area (Å²) >= 11 is 0. The zero-order valence-corrected chi connectivity index (χ0v) is 15.5. The number of nitrogens with one attached hydrogen (secondary N) is 2. The van der Waals surface area contributed by atoms with Crippen molar-refractivity contribution in [1.82, 2.24) is 15.0 Å². The lowest BCUT2D eigenvalue weighted by molar-refractivity contribution is 0.949. The summed E-state index contributed by atoms with van der Waals surface area (Å²) in [5, 5.41) is 6.72. The van der Waals surface area contributed by atoms with E-state index < -0.39 is 0 Å². The number of hydrogen-bond acceptors (Lipinski definition) is 6. The lowest BCUT2D eigenvalue weighted by Crippen LogP contribution is -2.17. The number of aromatic nitrogens is 3. The Morgan fingerprint density at radius 2 is 1.78 bits per heavy atom. The molecule has 138 valence electrons. The van der Waals surface area contributed by atoms with E-state index >= 15 is 0 Å². The van der Waals surface area contributed by atoms with Gasteiger partial charge < -0.3 is 15.5 Å². The Kier molecular flexibility index (Phi) is 5.14. The van der Waals surface area contributed by atoms with Crippen LogP contribution in [0.15, 0.2) is 54.9 Å². The lowest BCUT2D eigenvalue weighted by Gasteiger charge is -2.18. The van der Waals surface area contributed by atoms with Crippen LogP contribution in [-0.4, -0.2) is 28.0 Å². The molecule has 3 heterocycles. The number of benzene rings is 1. The molecule has 0 bridgehead atoms. The van der Waals surface area contributed by atoms with Crippen molar-refractivity contribution in [1.29, 1.82) is 0 Å². The highest BCUT2D eigenvalue weighted by Gasteiger charge is 2.12. The molecule has 0 spiro atoms. The van der Waals surface area contributed by atoms with Gasteiger partial charge in [0.2, 0.25) is 0 Å². The van der Waals surface area contributed by atoms with Crippen LogP contribution in [0.4, 0.5) is 23.0 Å². The highest BCUT2D eigenvalue weighted by atomic mass is 15.1. The normalized spacial score (nSPS) is 13.6. The summed E-state index contributed by atoms with van der Waals surface area (Å²) in [6.45, 7) is 4.89. The van der Waals surface area contributed by atoms with Gasteiger partial charge in [-0.1, -0.05) is 6.07 Å². The maximum absolute atomic E-state index is 4.50. The maximum atomic E-state index is 4.50. The third-order valence-electron chi connectivity index (χ3n) is 4.65. The number of nitrogens with zero attached hydrogens (tertiary/aromatic N) is 4. The van der Waals surface area contributed by atoms with Crippen LogP contribution in [0.1, 0.15) is 24.2 Å². The molecule has 0 unspecified atom stereocenters. The predicted molar refractivity (Wildman–Crippen MR) is 110 cm³/mol. The summed E-state index contributed by atoms with van der Waals surface area (Å²) < 4.78 is 0. The maximum Gasteiger partial charge on any atom is 0.136 e. The second kappa shape index (κ2) is 8.03. The molecule has 6 nitrogen and oxygen atoms in total. The molecule has 0 atom stereocenters. The van der Waals surface area contributed by atoms with Crippen LogP contribution in [0.3, 0.4) is 0 Å². The van der Waals surface area contributed by atoms with Gasteiger partial charge >= 0.3 is 0 Å². The Morgan fingerprint density at radius 1 is 1.00 bits per heavy atom. The Labute approximate surface area is 159 Å². The van der Waals surface area contributed by atoms with Crippen LogP contribution in [0.25, 0.3) is 0 Å². The molecule has 1 fully saturated rings. The number of pyridine rings is 1. The number of rotatable bonds is 6. The van der Waals surface area contributed by atoms with Gasteiger partial charge in [-0.15, -0.1) is 0 Å². The van der Waals surface area contributed by atoms with Crippen LogP contribution in [0, 0.1) is 6.92 Å². The molecule has 0 saturated carbocycles. The molecule has 0 aliphatic carbocycles. The van der Waals surface area contributed by atoms with Gasteiger partial charge in [0.15, 0.2) is 0 Å². The Hall–Kier alpha value is -3.15. The number of aryl methyl sites for hydroxylation is 1. The summed E-state index contributed by atoms with van der Waals surface area (Å²) in [5.41, 5.74) is 3.42. The van der Waals surface area contributed by atoms with Gasteiger partial charge in [0.05, 0.1) is 0 Å². The van der Waals surface area contributed by atoms with Gasteiger partial charge in [-0.05, 0) is 55.7 Å². The topological polar surface area (TPSA) is 66.0 Å². The fourth-order valence-corrected chi connectivity index (χ4v) is 3.30. The van der Waals surface area contributed by atoms with Crippen molar-refractivity contribution in [2.45, 2.75) is 26.3 Å². The van der Waals surface area contributed by atoms with Crippen molar-refractivity contribution in [3.8, 4) is 0 Å². The molecule has 4 rings (SSSR count). The number of anilines is 4. The van der Waals surface area contributed by atoms with E-state index in [0.29, 0.717) is 6.54 Å². The minimum absolute atomic E-state index is 0.675. The Bertz CT molecular complexity index is 873. The first kappa shape index (κ1) is 17.3. The molecule has 27 heavy (non-hydrogen) atoms.